The van der Waals surface area contributed by atoms with E-state index in [0.717, 1.165) is 18.2 Å². The lowest BCUT2D eigenvalue weighted by molar-refractivity contribution is -0.137. The lowest BCUT2D eigenvalue weighted by Crippen LogP contribution is -2.32. The second-order valence-electron chi connectivity index (χ2n) is 3.58. The summed E-state index contributed by atoms with van der Waals surface area (Å²) < 4.78 is 37.0. The monoisotopic (exact) mass is 247 g/mol. The Morgan fingerprint density at radius 2 is 2.00 bits per heavy atom. The van der Waals surface area contributed by atoms with Crippen LogP contribution in [0.1, 0.15) is 12.5 Å². The molecule has 1 amide bonds. The molecule has 0 aromatic heterocycles. The van der Waals surface area contributed by atoms with Crippen LogP contribution in [0.5, 0.6) is 0 Å². The maximum atomic E-state index is 12.3. The molecule has 1 atom stereocenters. The van der Waals surface area contributed by atoms with Crippen molar-refractivity contribution in [3.8, 4) is 0 Å². The van der Waals surface area contributed by atoms with Crippen LogP contribution >= 0.6 is 0 Å². The Labute approximate surface area is 95.8 Å². The molecule has 7 heteroatoms. The van der Waals surface area contributed by atoms with Crippen molar-refractivity contribution >= 4 is 17.3 Å². The average molecular weight is 247 g/mol. The zero-order valence-electron chi connectivity index (χ0n) is 9.01. The van der Waals surface area contributed by atoms with Gasteiger partial charge in [-0.2, -0.15) is 13.2 Å². The number of rotatable bonds is 2. The van der Waals surface area contributed by atoms with E-state index in [1.54, 1.807) is 0 Å². The van der Waals surface area contributed by atoms with Gasteiger partial charge in [0.2, 0.25) is 5.91 Å². The van der Waals surface area contributed by atoms with Crippen LogP contribution in [0.15, 0.2) is 18.2 Å². The molecule has 0 aliphatic carbocycles. The van der Waals surface area contributed by atoms with Gasteiger partial charge in [-0.1, -0.05) is 0 Å². The zero-order valence-corrected chi connectivity index (χ0v) is 9.01. The van der Waals surface area contributed by atoms with Gasteiger partial charge in [0.1, 0.15) is 0 Å². The van der Waals surface area contributed by atoms with Gasteiger partial charge >= 0.3 is 6.18 Å². The third-order valence-corrected chi connectivity index (χ3v) is 2.05. The van der Waals surface area contributed by atoms with E-state index in [0.29, 0.717) is 0 Å². The third kappa shape index (κ3) is 3.35. The average Bonchev–Trinajstić information content (AvgIpc) is 2.19. The first-order valence-corrected chi connectivity index (χ1v) is 4.75. The summed E-state index contributed by atoms with van der Waals surface area (Å²) in [6.07, 6.45) is -4.46. The van der Waals surface area contributed by atoms with E-state index in [4.69, 9.17) is 11.5 Å². The fourth-order valence-corrected chi connectivity index (χ4v) is 1.10. The highest BCUT2D eigenvalue weighted by Gasteiger charge is 2.30. The lowest BCUT2D eigenvalue weighted by Gasteiger charge is -2.12. The second kappa shape index (κ2) is 4.62. The topological polar surface area (TPSA) is 81.1 Å². The van der Waals surface area contributed by atoms with Gasteiger partial charge in [0.25, 0.3) is 0 Å². The van der Waals surface area contributed by atoms with Crippen LogP contribution in [0.4, 0.5) is 24.5 Å². The molecule has 1 unspecified atom stereocenters. The molecule has 0 fully saturated rings. The Kier molecular flexibility index (Phi) is 3.62. The molecule has 1 aromatic carbocycles. The fourth-order valence-electron chi connectivity index (χ4n) is 1.10. The predicted octanol–water partition coefficient (Wildman–Crippen LogP) is 1.57. The van der Waals surface area contributed by atoms with Crippen molar-refractivity contribution in [3.05, 3.63) is 23.8 Å². The zero-order chi connectivity index (χ0) is 13.2. The largest absolute Gasteiger partial charge is 0.416 e. The first-order chi connectivity index (χ1) is 7.71. The molecule has 0 aliphatic rings. The number of carbonyl (C=O) groups is 1. The summed E-state index contributed by atoms with van der Waals surface area (Å²) in [6, 6.07) is 1.93. The number of nitrogens with one attached hydrogen (secondary N) is 1. The number of halogens is 3. The van der Waals surface area contributed by atoms with Gasteiger partial charge in [-0.05, 0) is 25.1 Å². The Morgan fingerprint density at radius 1 is 1.41 bits per heavy atom. The number of hydrogen-bond acceptors (Lipinski definition) is 3. The van der Waals surface area contributed by atoms with Crippen molar-refractivity contribution in [2.24, 2.45) is 5.73 Å². The standard InChI is InChI=1S/C10H12F3N3O/c1-5(14)9(17)16-8-3-2-6(4-7(8)15)10(11,12)13/h2-5H,14-15H2,1H3,(H,16,17). The molecule has 0 spiro atoms. The molecule has 4 nitrogen and oxygen atoms in total. The number of nitrogen functional groups attached to an aromatic ring is 1. The quantitative estimate of drug-likeness (QED) is 0.694. The first-order valence-electron chi connectivity index (χ1n) is 4.75. The van der Waals surface area contributed by atoms with Crippen LogP contribution in [0, 0.1) is 0 Å². The van der Waals surface area contributed by atoms with Gasteiger partial charge < -0.3 is 16.8 Å². The molecule has 0 saturated heterocycles. The van der Waals surface area contributed by atoms with Crippen molar-refractivity contribution in [1.82, 2.24) is 0 Å². The minimum Gasteiger partial charge on any atom is -0.397 e. The number of amides is 1. The second-order valence-corrected chi connectivity index (χ2v) is 3.58. The molecule has 5 N–H and O–H groups in total. The van der Waals surface area contributed by atoms with Crippen molar-refractivity contribution in [2.75, 3.05) is 11.1 Å². The Balaban J connectivity index is 2.95. The molecule has 0 bridgehead atoms. The highest BCUT2D eigenvalue weighted by atomic mass is 19.4. The summed E-state index contributed by atoms with van der Waals surface area (Å²) >= 11 is 0. The highest BCUT2D eigenvalue weighted by Crippen LogP contribution is 2.32. The number of carbonyl (C=O) groups excluding carboxylic acids is 1. The molecule has 17 heavy (non-hydrogen) atoms. The molecular weight excluding hydrogens is 235 g/mol. The Morgan fingerprint density at radius 3 is 2.41 bits per heavy atom. The first kappa shape index (κ1) is 13.3. The normalized spacial score (nSPS) is 13.2. The SMILES string of the molecule is CC(N)C(=O)Nc1ccc(C(F)(F)F)cc1N. The molecule has 94 valence electrons. The lowest BCUT2D eigenvalue weighted by atomic mass is 10.1. The van der Waals surface area contributed by atoms with Crippen LogP contribution in [0.25, 0.3) is 0 Å². The van der Waals surface area contributed by atoms with Gasteiger partial charge in [-0.25, -0.2) is 0 Å². The van der Waals surface area contributed by atoms with Crippen LogP contribution in [0.3, 0.4) is 0 Å². The van der Waals surface area contributed by atoms with Gasteiger partial charge in [0.05, 0.1) is 23.0 Å². The molecule has 0 saturated carbocycles. The predicted molar refractivity (Wildman–Crippen MR) is 58.1 cm³/mol. The van der Waals surface area contributed by atoms with E-state index < -0.39 is 23.7 Å². The third-order valence-electron chi connectivity index (χ3n) is 2.05. The van der Waals surface area contributed by atoms with Gasteiger partial charge in [-0.3, -0.25) is 4.79 Å². The molecule has 0 heterocycles. The molecule has 0 radical (unpaired) electrons. The number of hydrogen-bond donors (Lipinski definition) is 3. The van der Waals surface area contributed by atoms with E-state index >= 15 is 0 Å². The van der Waals surface area contributed by atoms with Crippen LogP contribution in [0.2, 0.25) is 0 Å². The van der Waals surface area contributed by atoms with Crippen molar-refractivity contribution in [2.45, 2.75) is 19.1 Å². The highest BCUT2D eigenvalue weighted by molar-refractivity contribution is 5.96. The van der Waals surface area contributed by atoms with Crippen molar-refractivity contribution < 1.29 is 18.0 Å². The number of benzene rings is 1. The maximum Gasteiger partial charge on any atom is 0.416 e. The van der Waals surface area contributed by atoms with Crippen LogP contribution < -0.4 is 16.8 Å². The van der Waals surface area contributed by atoms with E-state index in [1.807, 2.05) is 0 Å². The number of nitrogens with two attached hydrogens (primary N) is 2. The van der Waals surface area contributed by atoms with Crippen LogP contribution in [-0.4, -0.2) is 11.9 Å². The summed E-state index contributed by atoms with van der Waals surface area (Å²) in [5.74, 6) is -0.517. The van der Waals surface area contributed by atoms with Gasteiger partial charge in [0.15, 0.2) is 0 Å². The van der Waals surface area contributed by atoms with Crippen molar-refractivity contribution in [3.63, 3.8) is 0 Å². The minimum atomic E-state index is -4.46. The molecular formula is C10H12F3N3O. The number of anilines is 2. The fraction of sp³-hybridized carbons (Fsp3) is 0.300. The Bertz CT molecular complexity index is 429. The van der Waals surface area contributed by atoms with E-state index in [2.05, 4.69) is 5.32 Å². The van der Waals surface area contributed by atoms with Gasteiger partial charge in [-0.15, -0.1) is 0 Å². The molecule has 1 aromatic rings. The van der Waals surface area contributed by atoms with Crippen molar-refractivity contribution in [1.29, 1.82) is 0 Å². The van der Waals surface area contributed by atoms with E-state index in [1.165, 1.54) is 6.92 Å². The number of alkyl halides is 3. The molecule has 1 rings (SSSR count). The minimum absolute atomic E-state index is 0.111. The summed E-state index contributed by atoms with van der Waals surface area (Å²) in [6.45, 7) is 1.45. The van der Waals surface area contributed by atoms with Crippen LogP contribution in [-0.2, 0) is 11.0 Å². The Hall–Kier alpha value is -1.76. The summed E-state index contributed by atoms with van der Waals surface area (Å²) in [5, 5.41) is 2.33. The smallest absolute Gasteiger partial charge is 0.397 e. The maximum absolute atomic E-state index is 12.3. The summed E-state index contributed by atoms with van der Waals surface area (Å²) in [7, 11) is 0. The summed E-state index contributed by atoms with van der Waals surface area (Å²) in [4.78, 5) is 11.2. The van der Waals surface area contributed by atoms with E-state index in [9.17, 15) is 18.0 Å². The van der Waals surface area contributed by atoms with E-state index in [-0.39, 0.29) is 11.4 Å². The molecule has 0 aliphatic heterocycles. The summed E-state index contributed by atoms with van der Waals surface area (Å²) in [5.41, 5.74) is 9.80. The van der Waals surface area contributed by atoms with Gasteiger partial charge in [0, 0.05) is 0 Å².